The zero-order chi connectivity index (χ0) is 13.7. The van der Waals surface area contributed by atoms with E-state index in [1.165, 1.54) is 0 Å². The van der Waals surface area contributed by atoms with Crippen LogP contribution < -0.4 is 5.32 Å². The normalized spacial score (nSPS) is 10.5. The van der Waals surface area contributed by atoms with E-state index in [0.717, 1.165) is 18.4 Å². The van der Waals surface area contributed by atoms with Gasteiger partial charge in [0, 0.05) is 23.9 Å². The molecule has 0 bridgehead atoms. The molecule has 4 heteroatoms. The Kier molecular flexibility index (Phi) is 4.22. The first kappa shape index (κ1) is 13.2. The van der Waals surface area contributed by atoms with Gasteiger partial charge < -0.3 is 14.8 Å². The van der Waals surface area contributed by atoms with E-state index in [9.17, 15) is 4.79 Å². The Morgan fingerprint density at radius 1 is 1.42 bits per heavy atom. The second kappa shape index (κ2) is 6.07. The van der Waals surface area contributed by atoms with E-state index in [2.05, 4.69) is 11.2 Å². The summed E-state index contributed by atoms with van der Waals surface area (Å²) < 4.78 is 5.37. The summed E-state index contributed by atoms with van der Waals surface area (Å²) in [5, 5.41) is 13.2. The average molecular weight is 257 g/mol. The first-order chi connectivity index (χ1) is 9.24. The molecule has 1 aromatic heterocycles. The van der Waals surface area contributed by atoms with Crippen molar-refractivity contribution in [2.24, 2.45) is 0 Å². The summed E-state index contributed by atoms with van der Waals surface area (Å²) >= 11 is 0. The molecule has 0 radical (unpaired) electrons. The highest BCUT2D eigenvalue weighted by Crippen LogP contribution is 2.25. The standard InChI is InChI=1S/C15H15NO3/c1-2-3-6-9-16-10-12-11-7-4-5-8-13(11)19-14(12)15(17)18/h1,4-5,7-8,16H,3,6,9-10H2,(H,17,18). The average Bonchev–Trinajstić information content (AvgIpc) is 2.78. The second-order valence-electron chi connectivity index (χ2n) is 4.20. The summed E-state index contributed by atoms with van der Waals surface area (Å²) in [6.07, 6.45) is 6.76. The zero-order valence-electron chi connectivity index (χ0n) is 10.5. The molecule has 0 amide bonds. The summed E-state index contributed by atoms with van der Waals surface area (Å²) in [5.74, 6) is 1.53. The number of furan rings is 1. The van der Waals surface area contributed by atoms with Crippen LogP contribution in [-0.2, 0) is 6.54 Å². The maximum Gasteiger partial charge on any atom is 0.372 e. The third-order valence-electron chi connectivity index (χ3n) is 2.87. The molecule has 1 heterocycles. The maximum absolute atomic E-state index is 11.2. The molecule has 2 rings (SSSR count). The van der Waals surface area contributed by atoms with E-state index < -0.39 is 5.97 Å². The van der Waals surface area contributed by atoms with Gasteiger partial charge in [0.1, 0.15) is 5.58 Å². The van der Waals surface area contributed by atoms with Gasteiger partial charge in [-0.3, -0.25) is 0 Å². The van der Waals surface area contributed by atoms with Gasteiger partial charge in [-0.15, -0.1) is 12.3 Å². The molecule has 4 nitrogen and oxygen atoms in total. The molecule has 19 heavy (non-hydrogen) atoms. The topological polar surface area (TPSA) is 62.5 Å². The van der Waals surface area contributed by atoms with Gasteiger partial charge in [-0.2, -0.15) is 0 Å². The Balaban J connectivity index is 2.18. The molecule has 2 aromatic rings. The molecular weight excluding hydrogens is 242 g/mol. The molecule has 98 valence electrons. The first-order valence-electron chi connectivity index (χ1n) is 6.12. The largest absolute Gasteiger partial charge is 0.475 e. The molecule has 0 saturated carbocycles. The van der Waals surface area contributed by atoms with Crippen molar-refractivity contribution in [2.45, 2.75) is 19.4 Å². The van der Waals surface area contributed by atoms with Crippen LogP contribution in [0.4, 0.5) is 0 Å². The summed E-state index contributed by atoms with van der Waals surface area (Å²) in [6, 6.07) is 7.32. The number of unbranched alkanes of at least 4 members (excludes halogenated alkanes) is 1. The molecule has 0 saturated heterocycles. The van der Waals surface area contributed by atoms with Gasteiger partial charge in [-0.1, -0.05) is 18.2 Å². The number of aromatic carboxylic acids is 1. The number of carboxylic acids is 1. The fourth-order valence-electron chi connectivity index (χ4n) is 1.98. The van der Waals surface area contributed by atoms with E-state index in [1.807, 2.05) is 18.2 Å². The van der Waals surface area contributed by atoms with Gasteiger partial charge in [-0.25, -0.2) is 4.79 Å². The number of hydrogen-bond donors (Lipinski definition) is 2. The van der Waals surface area contributed by atoms with Crippen molar-refractivity contribution >= 4 is 16.9 Å². The summed E-state index contributed by atoms with van der Waals surface area (Å²) in [6.45, 7) is 1.21. The van der Waals surface area contributed by atoms with Crippen LogP contribution in [0.3, 0.4) is 0 Å². The van der Waals surface area contributed by atoms with Crippen molar-refractivity contribution in [1.29, 1.82) is 0 Å². The Bertz CT molecular complexity index is 622. The highest BCUT2D eigenvalue weighted by Gasteiger charge is 2.18. The number of para-hydroxylation sites is 1. The van der Waals surface area contributed by atoms with Gasteiger partial charge in [0.15, 0.2) is 0 Å². The van der Waals surface area contributed by atoms with Crippen molar-refractivity contribution in [3.05, 3.63) is 35.6 Å². The fraction of sp³-hybridized carbons (Fsp3) is 0.267. The molecule has 0 spiro atoms. The Morgan fingerprint density at radius 3 is 2.95 bits per heavy atom. The van der Waals surface area contributed by atoms with E-state index in [4.69, 9.17) is 15.9 Å². The summed E-state index contributed by atoms with van der Waals surface area (Å²) in [5.41, 5.74) is 1.28. The van der Waals surface area contributed by atoms with Crippen molar-refractivity contribution in [2.75, 3.05) is 6.54 Å². The third-order valence-corrected chi connectivity index (χ3v) is 2.87. The second-order valence-corrected chi connectivity index (χ2v) is 4.20. The Labute approximate surface area is 111 Å². The first-order valence-corrected chi connectivity index (χ1v) is 6.12. The fourth-order valence-corrected chi connectivity index (χ4v) is 1.98. The Morgan fingerprint density at radius 2 is 2.21 bits per heavy atom. The lowest BCUT2D eigenvalue weighted by atomic mass is 10.1. The van der Waals surface area contributed by atoms with Crippen molar-refractivity contribution in [3.8, 4) is 12.3 Å². The quantitative estimate of drug-likeness (QED) is 0.617. The number of nitrogens with one attached hydrogen (secondary N) is 1. The van der Waals surface area contributed by atoms with Crippen LogP contribution in [0.15, 0.2) is 28.7 Å². The van der Waals surface area contributed by atoms with Crippen molar-refractivity contribution in [3.63, 3.8) is 0 Å². The molecule has 0 aliphatic carbocycles. The summed E-state index contributed by atoms with van der Waals surface area (Å²) in [7, 11) is 0. The highest BCUT2D eigenvalue weighted by molar-refractivity contribution is 5.95. The van der Waals surface area contributed by atoms with Gasteiger partial charge in [0.25, 0.3) is 0 Å². The molecule has 0 atom stereocenters. The predicted molar refractivity (Wildman–Crippen MR) is 72.9 cm³/mol. The lowest BCUT2D eigenvalue weighted by Gasteiger charge is -2.03. The maximum atomic E-state index is 11.2. The van der Waals surface area contributed by atoms with Crippen molar-refractivity contribution in [1.82, 2.24) is 5.32 Å². The van der Waals surface area contributed by atoms with Gasteiger partial charge >= 0.3 is 5.97 Å². The highest BCUT2D eigenvalue weighted by atomic mass is 16.4. The molecular formula is C15H15NO3. The van der Waals surface area contributed by atoms with Crippen LogP contribution in [0.2, 0.25) is 0 Å². The number of hydrogen-bond acceptors (Lipinski definition) is 3. The van der Waals surface area contributed by atoms with Gasteiger partial charge in [0.2, 0.25) is 5.76 Å². The number of benzene rings is 1. The minimum absolute atomic E-state index is 0.00523. The number of fused-ring (bicyclic) bond motifs is 1. The number of carboxylic acid groups (broad SMARTS) is 1. The summed E-state index contributed by atoms with van der Waals surface area (Å²) in [4.78, 5) is 11.2. The molecule has 0 fully saturated rings. The van der Waals surface area contributed by atoms with Crippen LogP contribution in [0.5, 0.6) is 0 Å². The van der Waals surface area contributed by atoms with Crippen LogP contribution in [0, 0.1) is 12.3 Å². The van der Waals surface area contributed by atoms with E-state index in [-0.39, 0.29) is 5.76 Å². The lowest BCUT2D eigenvalue weighted by molar-refractivity contribution is 0.0663. The number of carbonyl (C=O) groups is 1. The van der Waals surface area contributed by atoms with Gasteiger partial charge in [0.05, 0.1) is 0 Å². The van der Waals surface area contributed by atoms with Crippen molar-refractivity contribution < 1.29 is 14.3 Å². The molecule has 0 unspecified atom stereocenters. The molecule has 1 aromatic carbocycles. The minimum atomic E-state index is -1.04. The van der Waals surface area contributed by atoms with Crippen LogP contribution in [0.1, 0.15) is 29.0 Å². The van der Waals surface area contributed by atoms with Crippen LogP contribution in [-0.4, -0.2) is 17.6 Å². The zero-order valence-corrected chi connectivity index (χ0v) is 10.5. The third kappa shape index (κ3) is 2.95. The minimum Gasteiger partial charge on any atom is -0.475 e. The van der Waals surface area contributed by atoms with Crippen LogP contribution in [0.25, 0.3) is 11.0 Å². The number of terminal acetylenes is 1. The Hall–Kier alpha value is -2.25. The molecule has 0 aliphatic rings. The van der Waals surface area contributed by atoms with Gasteiger partial charge in [-0.05, 0) is 19.0 Å². The van der Waals surface area contributed by atoms with E-state index in [1.54, 1.807) is 6.07 Å². The molecule has 0 aliphatic heterocycles. The molecule has 2 N–H and O–H groups in total. The predicted octanol–water partition coefficient (Wildman–Crippen LogP) is 2.63. The SMILES string of the molecule is C#CCCCNCc1c(C(=O)O)oc2ccccc12. The number of rotatable bonds is 6. The van der Waals surface area contributed by atoms with Crippen LogP contribution >= 0.6 is 0 Å². The monoisotopic (exact) mass is 257 g/mol. The lowest BCUT2D eigenvalue weighted by Crippen LogP contribution is -2.16. The van der Waals surface area contributed by atoms with E-state index >= 15 is 0 Å². The van der Waals surface area contributed by atoms with E-state index in [0.29, 0.717) is 24.1 Å². The smallest absolute Gasteiger partial charge is 0.372 e.